The van der Waals surface area contributed by atoms with Crippen molar-refractivity contribution in [3.05, 3.63) is 21.9 Å². The summed E-state index contributed by atoms with van der Waals surface area (Å²) in [4.78, 5) is 15.0. The molecule has 2 N–H and O–H groups in total. The summed E-state index contributed by atoms with van der Waals surface area (Å²) >= 11 is 2.96. The van der Waals surface area contributed by atoms with E-state index in [4.69, 9.17) is 5.73 Å². The minimum Gasteiger partial charge on any atom is -0.466 e. The second kappa shape index (κ2) is 5.90. The SMILES string of the molecule is CCOC(=O)Cc1cnc(Br)c(N)c1C(F)F. The van der Waals surface area contributed by atoms with E-state index in [-0.39, 0.29) is 34.4 Å². The highest BCUT2D eigenvalue weighted by atomic mass is 79.9. The predicted molar refractivity (Wildman–Crippen MR) is 61.6 cm³/mol. The van der Waals surface area contributed by atoms with E-state index in [1.807, 2.05) is 0 Å². The number of nitrogens with zero attached hydrogens (tertiary/aromatic N) is 1. The minimum absolute atomic E-state index is 0.0825. The number of anilines is 1. The molecule has 1 rings (SSSR count). The lowest BCUT2D eigenvalue weighted by atomic mass is 10.1. The van der Waals surface area contributed by atoms with Crippen LogP contribution in [0.25, 0.3) is 0 Å². The lowest BCUT2D eigenvalue weighted by Gasteiger charge is -2.11. The zero-order chi connectivity index (χ0) is 13.0. The maximum absolute atomic E-state index is 12.8. The Kier molecular flexibility index (Phi) is 4.80. The van der Waals surface area contributed by atoms with Gasteiger partial charge in [-0.25, -0.2) is 13.8 Å². The molecule has 0 amide bonds. The Hall–Kier alpha value is -1.24. The fourth-order valence-electron chi connectivity index (χ4n) is 1.32. The van der Waals surface area contributed by atoms with Crippen LogP contribution in [0.3, 0.4) is 0 Å². The number of halogens is 3. The number of aromatic nitrogens is 1. The van der Waals surface area contributed by atoms with Gasteiger partial charge < -0.3 is 10.5 Å². The van der Waals surface area contributed by atoms with E-state index in [2.05, 4.69) is 25.7 Å². The van der Waals surface area contributed by atoms with E-state index in [0.29, 0.717) is 0 Å². The van der Waals surface area contributed by atoms with Crippen molar-refractivity contribution in [2.45, 2.75) is 19.8 Å². The van der Waals surface area contributed by atoms with Crippen LogP contribution in [0.2, 0.25) is 0 Å². The molecule has 0 bridgehead atoms. The van der Waals surface area contributed by atoms with Crippen LogP contribution in [0.15, 0.2) is 10.8 Å². The number of pyridine rings is 1. The quantitative estimate of drug-likeness (QED) is 0.685. The minimum atomic E-state index is -2.77. The van der Waals surface area contributed by atoms with Crippen LogP contribution in [-0.2, 0) is 16.0 Å². The molecular weight excluding hydrogens is 298 g/mol. The summed E-state index contributed by atoms with van der Waals surface area (Å²) in [7, 11) is 0. The standard InChI is InChI=1S/C10H11BrF2N2O2/c1-2-17-6(16)3-5-4-15-9(11)8(14)7(5)10(12)13/h4,10H,2-3,14H2,1H3. The summed E-state index contributed by atoms with van der Waals surface area (Å²) in [5, 5.41) is 0. The van der Waals surface area contributed by atoms with Crippen molar-refractivity contribution in [3.8, 4) is 0 Å². The molecule has 1 aromatic rings. The Balaban J connectivity index is 3.07. The molecule has 0 radical (unpaired) electrons. The van der Waals surface area contributed by atoms with Crippen LogP contribution in [0, 0.1) is 0 Å². The van der Waals surface area contributed by atoms with E-state index in [1.54, 1.807) is 6.92 Å². The molecule has 0 saturated carbocycles. The molecule has 7 heteroatoms. The molecule has 0 fully saturated rings. The number of esters is 1. The van der Waals surface area contributed by atoms with Gasteiger partial charge in [-0.2, -0.15) is 0 Å². The van der Waals surface area contributed by atoms with Gasteiger partial charge in [-0.3, -0.25) is 4.79 Å². The van der Waals surface area contributed by atoms with Crippen LogP contribution < -0.4 is 5.73 Å². The van der Waals surface area contributed by atoms with Crippen molar-refractivity contribution in [2.24, 2.45) is 0 Å². The van der Waals surface area contributed by atoms with Crippen molar-refractivity contribution in [1.29, 1.82) is 0 Å². The Morgan fingerprint density at radius 3 is 2.82 bits per heavy atom. The molecule has 1 aromatic heterocycles. The third-order valence-corrected chi connectivity index (χ3v) is 2.68. The van der Waals surface area contributed by atoms with Gasteiger partial charge in [0.1, 0.15) is 4.60 Å². The van der Waals surface area contributed by atoms with Crippen LogP contribution in [0.4, 0.5) is 14.5 Å². The van der Waals surface area contributed by atoms with E-state index in [0.717, 1.165) is 0 Å². The van der Waals surface area contributed by atoms with Gasteiger partial charge in [0, 0.05) is 11.8 Å². The molecule has 0 spiro atoms. The molecule has 94 valence electrons. The second-order valence-electron chi connectivity index (χ2n) is 3.18. The molecule has 0 aliphatic rings. The number of ether oxygens (including phenoxy) is 1. The fraction of sp³-hybridized carbons (Fsp3) is 0.400. The maximum Gasteiger partial charge on any atom is 0.310 e. The monoisotopic (exact) mass is 308 g/mol. The van der Waals surface area contributed by atoms with Crippen molar-refractivity contribution in [3.63, 3.8) is 0 Å². The lowest BCUT2D eigenvalue weighted by molar-refractivity contribution is -0.142. The average Bonchev–Trinajstić information content (AvgIpc) is 2.23. The van der Waals surface area contributed by atoms with Gasteiger partial charge >= 0.3 is 5.97 Å². The smallest absolute Gasteiger partial charge is 0.310 e. The number of carbonyl (C=O) groups is 1. The number of nitrogens with two attached hydrogens (primary N) is 1. The van der Waals surface area contributed by atoms with E-state index < -0.39 is 12.4 Å². The lowest BCUT2D eigenvalue weighted by Crippen LogP contribution is -2.11. The summed E-state index contributed by atoms with van der Waals surface area (Å²) < 4.78 is 30.5. The van der Waals surface area contributed by atoms with E-state index >= 15 is 0 Å². The van der Waals surface area contributed by atoms with Crippen LogP contribution >= 0.6 is 15.9 Å². The Labute approximate surface area is 105 Å². The first-order chi connectivity index (χ1) is 7.97. The highest BCUT2D eigenvalue weighted by Gasteiger charge is 2.21. The number of alkyl halides is 2. The molecular formula is C10H11BrF2N2O2. The summed E-state index contributed by atoms with van der Waals surface area (Å²) in [6, 6.07) is 0. The van der Waals surface area contributed by atoms with Gasteiger partial charge in [-0.15, -0.1) is 0 Å². The normalized spacial score (nSPS) is 10.6. The van der Waals surface area contributed by atoms with Crippen molar-refractivity contribution in [2.75, 3.05) is 12.3 Å². The number of hydrogen-bond donors (Lipinski definition) is 1. The summed E-state index contributed by atoms with van der Waals surface area (Å²) in [6.45, 7) is 1.84. The van der Waals surface area contributed by atoms with Gasteiger partial charge in [0.15, 0.2) is 0 Å². The van der Waals surface area contributed by atoms with Crippen LogP contribution in [0.1, 0.15) is 24.5 Å². The maximum atomic E-state index is 12.8. The van der Waals surface area contributed by atoms with E-state index in [9.17, 15) is 13.6 Å². The van der Waals surface area contributed by atoms with Crippen LogP contribution in [-0.4, -0.2) is 17.6 Å². The highest BCUT2D eigenvalue weighted by Crippen LogP contribution is 2.32. The first-order valence-electron chi connectivity index (χ1n) is 4.83. The molecule has 17 heavy (non-hydrogen) atoms. The molecule has 0 saturated heterocycles. The third kappa shape index (κ3) is 3.36. The number of carbonyl (C=O) groups excluding carboxylic acids is 1. The van der Waals surface area contributed by atoms with Gasteiger partial charge in [0.05, 0.1) is 18.7 Å². The predicted octanol–water partition coefficient (Wildman–Crippen LogP) is 2.47. The van der Waals surface area contributed by atoms with Crippen LogP contribution in [0.5, 0.6) is 0 Å². The van der Waals surface area contributed by atoms with Gasteiger partial charge in [-0.05, 0) is 28.4 Å². The third-order valence-electron chi connectivity index (χ3n) is 2.05. The Bertz CT molecular complexity index is 427. The number of hydrogen-bond acceptors (Lipinski definition) is 4. The number of rotatable bonds is 4. The molecule has 0 aliphatic heterocycles. The Morgan fingerprint density at radius 2 is 2.29 bits per heavy atom. The molecule has 0 atom stereocenters. The van der Waals surface area contributed by atoms with Crippen molar-refractivity contribution in [1.82, 2.24) is 4.98 Å². The van der Waals surface area contributed by atoms with Gasteiger partial charge in [0.2, 0.25) is 0 Å². The average molecular weight is 309 g/mol. The van der Waals surface area contributed by atoms with Gasteiger partial charge in [-0.1, -0.05) is 0 Å². The van der Waals surface area contributed by atoms with E-state index in [1.165, 1.54) is 6.20 Å². The molecule has 0 aromatic carbocycles. The van der Waals surface area contributed by atoms with Crippen molar-refractivity contribution >= 4 is 27.6 Å². The topological polar surface area (TPSA) is 65.2 Å². The second-order valence-corrected chi connectivity index (χ2v) is 3.94. The fourth-order valence-corrected chi connectivity index (χ4v) is 1.64. The zero-order valence-corrected chi connectivity index (χ0v) is 10.6. The number of nitrogen functional groups attached to an aromatic ring is 1. The first-order valence-corrected chi connectivity index (χ1v) is 5.63. The zero-order valence-electron chi connectivity index (χ0n) is 9.04. The summed E-state index contributed by atoms with van der Waals surface area (Å²) in [5.74, 6) is -0.585. The molecule has 0 aliphatic carbocycles. The largest absolute Gasteiger partial charge is 0.466 e. The summed E-state index contributed by atoms with van der Waals surface area (Å²) in [6.07, 6.45) is -1.84. The Morgan fingerprint density at radius 1 is 1.65 bits per heavy atom. The molecule has 1 heterocycles. The molecule has 0 unspecified atom stereocenters. The first kappa shape index (κ1) is 13.8. The van der Waals surface area contributed by atoms with Crippen molar-refractivity contribution < 1.29 is 18.3 Å². The highest BCUT2D eigenvalue weighted by molar-refractivity contribution is 9.10. The summed E-state index contributed by atoms with van der Waals surface area (Å²) in [5.41, 5.74) is 5.05. The van der Waals surface area contributed by atoms with Gasteiger partial charge in [0.25, 0.3) is 6.43 Å². The molecule has 4 nitrogen and oxygen atoms in total.